The van der Waals surface area contributed by atoms with E-state index < -0.39 is 42.5 Å². The minimum absolute atomic E-state index is 0.0423. The van der Waals surface area contributed by atoms with Crippen molar-refractivity contribution in [1.29, 1.82) is 0 Å². The maximum atomic E-state index is 13.4. The predicted octanol–water partition coefficient (Wildman–Crippen LogP) is 0.864. The van der Waals surface area contributed by atoms with Gasteiger partial charge in [-0.1, -0.05) is 24.3 Å². The zero-order valence-corrected chi connectivity index (χ0v) is 18.1. The highest BCUT2D eigenvalue weighted by Gasteiger charge is 2.51. The van der Waals surface area contributed by atoms with Crippen molar-refractivity contribution < 1.29 is 29.4 Å². The van der Waals surface area contributed by atoms with Crippen molar-refractivity contribution in [1.82, 2.24) is 15.1 Å². The number of para-hydroxylation sites is 1. The van der Waals surface area contributed by atoms with Crippen LogP contribution in [0, 0.1) is 0 Å². The average molecular weight is 456 g/mol. The maximum absolute atomic E-state index is 13.4. The van der Waals surface area contributed by atoms with Gasteiger partial charge in [0.2, 0.25) is 11.8 Å². The van der Waals surface area contributed by atoms with Crippen LogP contribution in [0.5, 0.6) is 0 Å². The van der Waals surface area contributed by atoms with Crippen LogP contribution in [0.15, 0.2) is 42.1 Å². The smallest absolute Gasteiger partial charge is 0.321 e. The molecule has 0 aromatic heterocycles. The molecule has 10 heteroatoms. The van der Waals surface area contributed by atoms with E-state index in [0.29, 0.717) is 25.8 Å². The molecule has 2 saturated heterocycles. The van der Waals surface area contributed by atoms with Crippen molar-refractivity contribution in [3.63, 3.8) is 0 Å². The number of hydrogen-bond acceptors (Lipinski definition) is 6. The molecule has 1 aromatic rings. The molecule has 0 spiro atoms. The van der Waals surface area contributed by atoms with Gasteiger partial charge >= 0.3 is 11.9 Å². The first-order chi connectivity index (χ1) is 15.9. The molecule has 1 aromatic carbocycles. The first-order valence-electron chi connectivity index (χ1n) is 11.2. The third-order valence-corrected chi connectivity index (χ3v) is 6.50. The van der Waals surface area contributed by atoms with Crippen molar-refractivity contribution in [3.05, 3.63) is 42.1 Å². The molecule has 3 heterocycles. The number of amides is 2. The lowest BCUT2D eigenvalue weighted by Crippen LogP contribution is -2.67. The summed E-state index contributed by atoms with van der Waals surface area (Å²) in [5.74, 6) is -2.58. The molecular weight excluding hydrogens is 428 g/mol. The Bertz CT molecular complexity index is 965. The summed E-state index contributed by atoms with van der Waals surface area (Å²) in [7, 11) is 0. The van der Waals surface area contributed by atoms with Gasteiger partial charge in [-0.05, 0) is 44.4 Å². The molecule has 1 unspecified atom stereocenters. The normalized spacial score (nSPS) is 25.2. The second-order valence-electron chi connectivity index (χ2n) is 8.58. The van der Waals surface area contributed by atoms with Crippen LogP contribution < -0.4 is 10.6 Å². The van der Waals surface area contributed by atoms with E-state index >= 15 is 0 Å². The second-order valence-corrected chi connectivity index (χ2v) is 8.58. The van der Waals surface area contributed by atoms with Crippen molar-refractivity contribution in [3.8, 4) is 0 Å². The van der Waals surface area contributed by atoms with Crippen LogP contribution in [0.25, 0.3) is 0 Å². The Balaban J connectivity index is 1.56. The minimum atomic E-state index is -1.25. The molecule has 0 saturated carbocycles. The van der Waals surface area contributed by atoms with Gasteiger partial charge in [0, 0.05) is 17.9 Å². The number of rotatable bonds is 9. The fraction of sp³-hybridized carbons (Fsp3) is 0.478. The third kappa shape index (κ3) is 4.70. The number of nitrogens with one attached hydrogen (secondary N) is 2. The quantitative estimate of drug-likeness (QED) is 0.429. The van der Waals surface area contributed by atoms with Crippen LogP contribution in [0.4, 0.5) is 5.69 Å². The van der Waals surface area contributed by atoms with E-state index in [1.54, 1.807) is 9.80 Å². The number of fused-ring (bicyclic) bond motifs is 2. The van der Waals surface area contributed by atoms with Crippen LogP contribution in [0.2, 0.25) is 0 Å². The highest BCUT2D eigenvalue weighted by Crippen LogP contribution is 2.35. The summed E-state index contributed by atoms with van der Waals surface area (Å²) in [4.78, 5) is 52.3. The number of anilines is 1. The molecule has 0 radical (unpaired) electrons. The third-order valence-electron chi connectivity index (χ3n) is 6.50. The molecule has 4 N–H and O–H groups in total. The van der Waals surface area contributed by atoms with Gasteiger partial charge in [0.15, 0.2) is 0 Å². The topological polar surface area (TPSA) is 139 Å². The summed E-state index contributed by atoms with van der Waals surface area (Å²) in [5, 5.41) is 24.4. The molecule has 0 bridgehead atoms. The van der Waals surface area contributed by atoms with Gasteiger partial charge in [-0.2, -0.15) is 0 Å². The molecule has 2 amide bonds. The fourth-order valence-corrected chi connectivity index (χ4v) is 4.97. The Hall–Kier alpha value is -3.40. The van der Waals surface area contributed by atoms with Gasteiger partial charge in [-0.15, -0.1) is 0 Å². The van der Waals surface area contributed by atoms with E-state index in [1.807, 2.05) is 36.4 Å². The van der Waals surface area contributed by atoms with Crippen molar-refractivity contribution in [2.45, 2.75) is 56.3 Å². The van der Waals surface area contributed by atoms with Gasteiger partial charge in [0.1, 0.15) is 18.1 Å². The highest BCUT2D eigenvalue weighted by atomic mass is 16.4. The van der Waals surface area contributed by atoms with Crippen molar-refractivity contribution >= 4 is 29.4 Å². The largest absolute Gasteiger partial charge is 0.481 e. The van der Waals surface area contributed by atoms with E-state index in [2.05, 4.69) is 10.6 Å². The number of carbonyl (C=O) groups is 4. The van der Waals surface area contributed by atoms with Crippen molar-refractivity contribution in [2.24, 2.45) is 0 Å². The van der Waals surface area contributed by atoms with Gasteiger partial charge in [-0.25, -0.2) is 0 Å². The number of nitrogens with zero attached hydrogens (tertiary/aromatic N) is 2. The number of carbonyl (C=O) groups excluding carboxylic acids is 2. The van der Waals surface area contributed by atoms with Crippen LogP contribution in [-0.4, -0.2) is 81.0 Å². The Morgan fingerprint density at radius 1 is 1.09 bits per heavy atom. The van der Waals surface area contributed by atoms with Gasteiger partial charge < -0.3 is 30.6 Å². The molecule has 4 rings (SSSR count). The number of carboxylic acids is 2. The molecule has 4 atom stereocenters. The molecule has 3 aliphatic rings. The highest BCUT2D eigenvalue weighted by molar-refractivity contribution is 5.98. The van der Waals surface area contributed by atoms with E-state index in [0.717, 1.165) is 17.8 Å². The lowest BCUT2D eigenvalue weighted by Gasteiger charge is -2.48. The van der Waals surface area contributed by atoms with Crippen LogP contribution in [0.3, 0.4) is 0 Å². The lowest BCUT2D eigenvalue weighted by molar-refractivity contribution is -0.161. The van der Waals surface area contributed by atoms with Crippen LogP contribution in [-0.2, 0) is 19.2 Å². The summed E-state index contributed by atoms with van der Waals surface area (Å²) >= 11 is 0. The molecular formula is C23H28N4O6. The molecule has 176 valence electrons. The number of aliphatic carboxylic acids is 2. The van der Waals surface area contributed by atoms with E-state index in [4.69, 9.17) is 5.11 Å². The summed E-state index contributed by atoms with van der Waals surface area (Å²) in [6.45, 7) is 0.766. The molecule has 2 fully saturated rings. The number of benzene rings is 1. The van der Waals surface area contributed by atoms with E-state index in [1.165, 1.54) is 0 Å². The predicted molar refractivity (Wildman–Crippen MR) is 118 cm³/mol. The summed E-state index contributed by atoms with van der Waals surface area (Å²) < 4.78 is 0. The number of piperazine rings is 1. The van der Waals surface area contributed by atoms with Gasteiger partial charge in [0.05, 0.1) is 12.5 Å². The average Bonchev–Trinajstić information content (AvgIpc) is 3.28. The zero-order chi connectivity index (χ0) is 23.5. The van der Waals surface area contributed by atoms with Crippen LogP contribution >= 0.6 is 0 Å². The molecule has 33 heavy (non-hydrogen) atoms. The minimum Gasteiger partial charge on any atom is -0.481 e. The second kappa shape index (κ2) is 9.62. The van der Waals surface area contributed by atoms with Gasteiger partial charge in [0.25, 0.3) is 0 Å². The van der Waals surface area contributed by atoms with E-state index in [-0.39, 0.29) is 18.4 Å². The fourth-order valence-electron chi connectivity index (χ4n) is 4.97. The summed E-state index contributed by atoms with van der Waals surface area (Å²) in [6.07, 6.45) is 3.57. The van der Waals surface area contributed by atoms with Crippen molar-refractivity contribution in [2.75, 3.05) is 18.4 Å². The summed E-state index contributed by atoms with van der Waals surface area (Å²) in [6, 6.07) is 6.76. The summed E-state index contributed by atoms with van der Waals surface area (Å²) in [5.41, 5.74) is 1.62. The maximum Gasteiger partial charge on any atom is 0.321 e. The Morgan fingerprint density at radius 2 is 1.85 bits per heavy atom. The lowest BCUT2D eigenvalue weighted by atomic mass is 9.91. The number of hydrogen-bond donors (Lipinski definition) is 4. The first-order valence-corrected chi connectivity index (χ1v) is 11.2. The zero-order valence-electron chi connectivity index (χ0n) is 18.1. The number of carboxylic acid groups (broad SMARTS) is 2. The van der Waals surface area contributed by atoms with E-state index in [9.17, 15) is 24.3 Å². The monoisotopic (exact) mass is 456 g/mol. The molecule has 3 aliphatic heterocycles. The molecule has 10 nitrogen and oxygen atoms in total. The first kappa shape index (κ1) is 22.8. The Morgan fingerprint density at radius 3 is 2.55 bits per heavy atom. The standard InChI is InChI=1S/C23H28N4O6/c28-20(29)13-16(23(32)33)24-11-10-17-15(25-14-5-2-1-3-6-14)8-9-19-21(30)26-12-4-7-18(26)22(31)27(17)19/h1-3,5-6,8,16-19,24-25H,4,7,9-13H2,(H,28,29)(H,32,33)/t16-,17?,18+,19+/m1/s1. The van der Waals surface area contributed by atoms with Crippen LogP contribution in [0.1, 0.15) is 32.1 Å². The SMILES string of the molecule is O=C(O)C[C@@H](NCCC1C(Nc2ccccc2)=CC[C@H]2C(=O)N3CCC[C@H]3C(=O)N12)C(=O)O. The van der Waals surface area contributed by atoms with Gasteiger partial charge in [-0.3, -0.25) is 19.2 Å². The molecule has 0 aliphatic carbocycles. The Kier molecular flexibility index (Phi) is 6.64. The Labute approximate surface area is 191 Å².